The predicted octanol–water partition coefficient (Wildman–Crippen LogP) is 2.74. The van der Waals surface area contributed by atoms with Crippen LogP contribution in [-0.2, 0) is 4.74 Å². The van der Waals surface area contributed by atoms with Crippen LogP contribution >= 0.6 is 22.6 Å². The lowest BCUT2D eigenvalue weighted by molar-refractivity contribution is 0.0529. The molecule has 0 saturated heterocycles. The number of nitrogens with zero attached hydrogens (tertiary/aromatic N) is 1. The van der Waals surface area contributed by atoms with Gasteiger partial charge in [-0.15, -0.1) is 0 Å². The van der Waals surface area contributed by atoms with Gasteiger partial charge < -0.3 is 9.15 Å². The largest absolute Gasteiger partial charge is 0.449 e. The molecule has 5 nitrogen and oxygen atoms in total. The normalized spacial score (nSPS) is 11.8. The van der Waals surface area contributed by atoms with Crippen molar-refractivity contribution in [2.24, 2.45) is 5.10 Å². The van der Waals surface area contributed by atoms with Gasteiger partial charge in [0.1, 0.15) is 11.4 Å². The number of halogens is 1. The molecular weight excluding hydrogens is 323 g/mol. The van der Waals surface area contributed by atoms with Gasteiger partial charge in [-0.25, -0.2) is 10.2 Å². The third kappa shape index (κ3) is 5.15. The van der Waals surface area contributed by atoms with Crippen molar-refractivity contribution < 1.29 is 13.9 Å². The minimum absolute atomic E-state index is 0.528. The molecule has 0 aliphatic rings. The molecule has 0 saturated carbocycles. The van der Waals surface area contributed by atoms with E-state index in [-0.39, 0.29) is 0 Å². The van der Waals surface area contributed by atoms with E-state index in [9.17, 15) is 4.79 Å². The molecule has 0 aromatic carbocycles. The Morgan fingerprint density at radius 1 is 1.56 bits per heavy atom. The molecule has 0 spiro atoms. The fourth-order valence-electron chi connectivity index (χ4n) is 0.847. The second-order valence-electron chi connectivity index (χ2n) is 4.01. The first kappa shape index (κ1) is 13.0. The summed E-state index contributed by atoms with van der Waals surface area (Å²) in [4.78, 5) is 11.2. The van der Waals surface area contributed by atoms with Gasteiger partial charge in [-0.3, -0.25) is 0 Å². The Morgan fingerprint density at radius 2 is 2.25 bits per heavy atom. The molecule has 0 radical (unpaired) electrons. The standard InChI is InChI=1S/C10H13IN2O3/c1-10(2,3)16-9(14)13-12-6-7-4-5-8(11)15-7/h4-6H,1-3H3,(H,13,14)/b12-6+. The van der Waals surface area contributed by atoms with Gasteiger partial charge in [-0.05, 0) is 55.5 Å². The zero-order chi connectivity index (χ0) is 12.2. The van der Waals surface area contributed by atoms with Crippen LogP contribution in [0.2, 0.25) is 0 Å². The summed E-state index contributed by atoms with van der Waals surface area (Å²) in [6.07, 6.45) is 0.816. The monoisotopic (exact) mass is 336 g/mol. The Hall–Kier alpha value is -1.05. The molecule has 0 bridgehead atoms. The summed E-state index contributed by atoms with van der Waals surface area (Å²) in [5.74, 6) is 0.570. The van der Waals surface area contributed by atoms with E-state index in [1.165, 1.54) is 6.21 Å². The van der Waals surface area contributed by atoms with Crippen LogP contribution in [0.5, 0.6) is 0 Å². The molecule has 1 N–H and O–H groups in total. The van der Waals surface area contributed by atoms with Crippen LogP contribution in [0.25, 0.3) is 0 Å². The van der Waals surface area contributed by atoms with Crippen LogP contribution < -0.4 is 5.43 Å². The average molecular weight is 336 g/mol. The van der Waals surface area contributed by atoms with Crippen molar-refractivity contribution in [1.29, 1.82) is 0 Å². The van der Waals surface area contributed by atoms with Crippen molar-refractivity contribution in [1.82, 2.24) is 5.43 Å². The summed E-state index contributed by atoms with van der Waals surface area (Å²) in [6, 6.07) is 3.55. The van der Waals surface area contributed by atoms with Crippen molar-refractivity contribution in [2.75, 3.05) is 0 Å². The minimum atomic E-state index is -0.593. The molecule has 88 valence electrons. The van der Waals surface area contributed by atoms with Crippen LogP contribution in [0.15, 0.2) is 21.7 Å². The molecule has 0 unspecified atom stereocenters. The zero-order valence-corrected chi connectivity index (χ0v) is 11.4. The lowest BCUT2D eigenvalue weighted by atomic mass is 10.2. The molecular formula is C10H13IN2O3. The van der Waals surface area contributed by atoms with Crippen molar-refractivity contribution >= 4 is 34.9 Å². The molecule has 0 fully saturated rings. The van der Waals surface area contributed by atoms with Crippen molar-refractivity contribution in [3.8, 4) is 0 Å². The van der Waals surface area contributed by atoms with Gasteiger partial charge in [0.05, 0.1) is 6.21 Å². The first-order valence-electron chi connectivity index (χ1n) is 4.64. The molecule has 1 aromatic rings. The Morgan fingerprint density at radius 3 is 2.75 bits per heavy atom. The maximum Gasteiger partial charge on any atom is 0.428 e. The summed E-state index contributed by atoms with van der Waals surface area (Å²) in [5, 5.41) is 3.69. The van der Waals surface area contributed by atoms with E-state index in [4.69, 9.17) is 9.15 Å². The van der Waals surface area contributed by atoms with Gasteiger partial charge in [0, 0.05) is 0 Å². The quantitative estimate of drug-likeness (QED) is 0.513. The number of ether oxygens (including phenoxy) is 1. The maximum atomic E-state index is 11.2. The lowest BCUT2D eigenvalue weighted by Crippen LogP contribution is -2.29. The molecule has 0 aliphatic carbocycles. The van der Waals surface area contributed by atoms with Gasteiger partial charge in [0.15, 0.2) is 3.77 Å². The lowest BCUT2D eigenvalue weighted by Gasteiger charge is -2.18. The molecule has 1 amide bonds. The number of hydrogen-bond acceptors (Lipinski definition) is 4. The fourth-order valence-corrected chi connectivity index (χ4v) is 1.28. The van der Waals surface area contributed by atoms with Crippen LogP contribution in [0, 0.1) is 3.77 Å². The van der Waals surface area contributed by atoms with Crippen molar-refractivity contribution in [2.45, 2.75) is 26.4 Å². The topological polar surface area (TPSA) is 63.8 Å². The number of nitrogens with one attached hydrogen (secondary N) is 1. The van der Waals surface area contributed by atoms with E-state index in [1.54, 1.807) is 32.9 Å². The van der Waals surface area contributed by atoms with E-state index in [0.717, 1.165) is 3.77 Å². The fraction of sp³-hybridized carbons (Fsp3) is 0.400. The van der Waals surface area contributed by atoms with Gasteiger partial charge in [-0.1, -0.05) is 0 Å². The summed E-state index contributed by atoms with van der Waals surface area (Å²) in [5.41, 5.74) is 1.71. The predicted molar refractivity (Wildman–Crippen MR) is 68.4 cm³/mol. The van der Waals surface area contributed by atoms with E-state index in [2.05, 4.69) is 10.5 Å². The van der Waals surface area contributed by atoms with Crippen LogP contribution in [0.3, 0.4) is 0 Å². The van der Waals surface area contributed by atoms with E-state index >= 15 is 0 Å². The van der Waals surface area contributed by atoms with Crippen LogP contribution in [0.4, 0.5) is 4.79 Å². The molecule has 1 heterocycles. The molecule has 16 heavy (non-hydrogen) atoms. The number of furan rings is 1. The number of hydrogen-bond donors (Lipinski definition) is 1. The van der Waals surface area contributed by atoms with Crippen LogP contribution in [0.1, 0.15) is 26.5 Å². The number of amides is 1. The summed E-state index contributed by atoms with van der Waals surface area (Å²) in [6.45, 7) is 5.35. The first-order chi connectivity index (χ1) is 7.37. The van der Waals surface area contributed by atoms with Gasteiger partial charge >= 0.3 is 6.09 Å². The zero-order valence-electron chi connectivity index (χ0n) is 9.28. The number of hydrazone groups is 1. The highest BCUT2D eigenvalue weighted by atomic mass is 127. The van der Waals surface area contributed by atoms with Crippen molar-refractivity contribution in [3.63, 3.8) is 0 Å². The highest BCUT2D eigenvalue weighted by molar-refractivity contribution is 14.1. The molecule has 1 rings (SSSR count). The highest BCUT2D eigenvalue weighted by Crippen LogP contribution is 2.08. The number of carbonyl (C=O) groups is 1. The third-order valence-corrected chi connectivity index (χ3v) is 1.92. The second kappa shape index (κ2) is 5.33. The van der Waals surface area contributed by atoms with Crippen molar-refractivity contribution in [3.05, 3.63) is 21.7 Å². The Kier molecular flexibility index (Phi) is 4.34. The second-order valence-corrected chi connectivity index (χ2v) is 5.08. The SMILES string of the molecule is CC(C)(C)OC(=O)N/N=C/c1ccc(I)o1. The van der Waals surface area contributed by atoms with Crippen LogP contribution in [-0.4, -0.2) is 17.9 Å². The Labute approximate surface area is 107 Å². The summed E-state index contributed by atoms with van der Waals surface area (Å²) < 4.78 is 11.0. The third-order valence-electron chi connectivity index (χ3n) is 1.34. The number of carbonyl (C=O) groups excluding carboxylic acids is 1. The average Bonchev–Trinajstić information content (AvgIpc) is 2.48. The van der Waals surface area contributed by atoms with Gasteiger partial charge in [0.25, 0.3) is 0 Å². The summed E-state index contributed by atoms with van der Waals surface area (Å²) >= 11 is 2.04. The van der Waals surface area contributed by atoms with E-state index < -0.39 is 11.7 Å². The molecule has 0 atom stereocenters. The molecule has 0 aliphatic heterocycles. The summed E-state index contributed by atoms with van der Waals surface area (Å²) in [7, 11) is 0. The first-order valence-corrected chi connectivity index (χ1v) is 5.72. The highest BCUT2D eigenvalue weighted by Gasteiger charge is 2.15. The van der Waals surface area contributed by atoms with E-state index in [1.807, 2.05) is 22.6 Å². The maximum absolute atomic E-state index is 11.2. The molecule has 1 aromatic heterocycles. The van der Waals surface area contributed by atoms with Gasteiger partial charge in [0.2, 0.25) is 0 Å². The number of rotatable bonds is 2. The Bertz CT molecular complexity index is 393. The van der Waals surface area contributed by atoms with E-state index in [0.29, 0.717) is 5.76 Å². The minimum Gasteiger partial charge on any atom is -0.449 e. The van der Waals surface area contributed by atoms with Gasteiger partial charge in [-0.2, -0.15) is 5.10 Å². The Balaban J connectivity index is 2.40. The molecule has 6 heteroatoms. The smallest absolute Gasteiger partial charge is 0.428 e.